The summed E-state index contributed by atoms with van der Waals surface area (Å²) in [5.41, 5.74) is 3.04. The van der Waals surface area contributed by atoms with Crippen molar-refractivity contribution in [2.45, 2.75) is 6.54 Å². The molecule has 3 aromatic rings. The molecule has 1 amide bonds. The number of nitrogens with one attached hydrogen (secondary N) is 2. The van der Waals surface area contributed by atoms with Gasteiger partial charge in [-0.3, -0.25) is 4.79 Å². The molecule has 1 aromatic heterocycles. The van der Waals surface area contributed by atoms with E-state index in [0.717, 1.165) is 16.9 Å². The molecular weight excluding hydrogens is 342 g/mol. The second-order valence-electron chi connectivity index (χ2n) is 5.80. The average molecular weight is 363 g/mol. The Bertz CT molecular complexity index is 896. The minimum Gasteiger partial charge on any atom is -0.493 e. The maximum Gasteiger partial charge on any atom is 0.270 e. The summed E-state index contributed by atoms with van der Waals surface area (Å²) in [7, 11) is 3.16. The second kappa shape index (κ2) is 8.71. The molecule has 0 aliphatic carbocycles. The highest BCUT2D eigenvalue weighted by Crippen LogP contribution is 2.27. The molecule has 0 saturated heterocycles. The van der Waals surface area contributed by atoms with Crippen molar-refractivity contribution >= 4 is 17.3 Å². The summed E-state index contributed by atoms with van der Waals surface area (Å²) < 4.78 is 10.5. The summed E-state index contributed by atoms with van der Waals surface area (Å²) in [6, 6.07) is 18.8. The van der Waals surface area contributed by atoms with E-state index < -0.39 is 0 Å². The first-order valence-electron chi connectivity index (χ1n) is 8.47. The summed E-state index contributed by atoms with van der Waals surface area (Å²) >= 11 is 0. The van der Waals surface area contributed by atoms with E-state index in [1.807, 2.05) is 54.6 Å². The lowest BCUT2D eigenvalue weighted by Crippen LogP contribution is -2.23. The molecule has 6 nitrogen and oxygen atoms in total. The van der Waals surface area contributed by atoms with Crippen molar-refractivity contribution in [1.82, 2.24) is 10.3 Å². The van der Waals surface area contributed by atoms with E-state index >= 15 is 0 Å². The number of ether oxygens (including phenoxy) is 2. The number of anilines is 2. The normalized spacial score (nSPS) is 10.1. The molecule has 0 bridgehead atoms. The summed E-state index contributed by atoms with van der Waals surface area (Å²) in [6.45, 7) is 0.366. The summed E-state index contributed by atoms with van der Waals surface area (Å²) in [6.07, 6.45) is 1.64. The van der Waals surface area contributed by atoms with Gasteiger partial charge in [-0.15, -0.1) is 0 Å². The van der Waals surface area contributed by atoms with Gasteiger partial charge in [0.15, 0.2) is 11.5 Å². The standard InChI is InChI=1S/C21H21N3O3/c1-26-19-11-8-15(12-20(19)27-2)13-23-21(25)18-10-9-17(14-22-18)24-16-6-4-3-5-7-16/h3-12,14,24H,13H2,1-2H3,(H,23,25). The van der Waals surface area contributed by atoms with Gasteiger partial charge in [-0.1, -0.05) is 24.3 Å². The van der Waals surface area contributed by atoms with Crippen LogP contribution in [-0.2, 0) is 6.54 Å². The van der Waals surface area contributed by atoms with Crippen molar-refractivity contribution in [2.24, 2.45) is 0 Å². The van der Waals surface area contributed by atoms with Gasteiger partial charge in [0.05, 0.1) is 26.1 Å². The van der Waals surface area contributed by atoms with Gasteiger partial charge in [-0.2, -0.15) is 0 Å². The lowest BCUT2D eigenvalue weighted by atomic mass is 10.2. The number of benzene rings is 2. The topological polar surface area (TPSA) is 72.5 Å². The highest BCUT2D eigenvalue weighted by atomic mass is 16.5. The molecule has 0 aliphatic rings. The maximum absolute atomic E-state index is 12.3. The lowest BCUT2D eigenvalue weighted by molar-refractivity contribution is 0.0946. The lowest BCUT2D eigenvalue weighted by Gasteiger charge is -2.10. The van der Waals surface area contributed by atoms with Gasteiger partial charge in [-0.05, 0) is 42.0 Å². The van der Waals surface area contributed by atoms with Crippen LogP contribution in [0.2, 0.25) is 0 Å². The highest BCUT2D eigenvalue weighted by Gasteiger charge is 2.09. The van der Waals surface area contributed by atoms with Gasteiger partial charge in [0.25, 0.3) is 5.91 Å². The van der Waals surface area contributed by atoms with Crippen LogP contribution in [0.3, 0.4) is 0 Å². The number of pyridine rings is 1. The number of carbonyl (C=O) groups is 1. The fourth-order valence-corrected chi connectivity index (χ4v) is 2.55. The molecule has 27 heavy (non-hydrogen) atoms. The molecule has 0 aliphatic heterocycles. The minimum atomic E-state index is -0.240. The Morgan fingerprint density at radius 3 is 2.37 bits per heavy atom. The molecule has 1 heterocycles. The number of amides is 1. The molecule has 0 spiro atoms. The van der Waals surface area contributed by atoms with E-state index in [-0.39, 0.29) is 5.91 Å². The molecule has 0 saturated carbocycles. The largest absolute Gasteiger partial charge is 0.493 e. The summed E-state index contributed by atoms with van der Waals surface area (Å²) in [5.74, 6) is 1.03. The van der Waals surface area contributed by atoms with Crippen LogP contribution in [0.25, 0.3) is 0 Å². The quantitative estimate of drug-likeness (QED) is 0.668. The maximum atomic E-state index is 12.3. The van der Waals surface area contributed by atoms with Gasteiger partial charge < -0.3 is 20.1 Å². The molecule has 0 radical (unpaired) electrons. The van der Waals surface area contributed by atoms with E-state index in [9.17, 15) is 4.79 Å². The number of hydrogen-bond donors (Lipinski definition) is 2. The van der Waals surface area contributed by atoms with Crippen LogP contribution in [0, 0.1) is 0 Å². The van der Waals surface area contributed by atoms with E-state index in [0.29, 0.717) is 23.7 Å². The number of rotatable bonds is 7. The number of para-hydroxylation sites is 1. The first-order chi connectivity index (χ1) is 13.2. The molecule has 6 heteroatoms. The third-order valence-corrected chi connectivity index (χ3v) is 3.96. The Hall–Kier alpha value is -3.54. The summed E-state index contributed by atoms with van der Waals surface area (Å²) in [4.78, 5) is 16.5. The van der Waals surface area contributed by atoms with E-state index in [4.69, 9.17) is 9.47 Å². The van der Waals surface area contributed by atoms with Crippen molar-refractivity contribution in [1.29, 1.82) is 0 Å². The molecule has 0 unspecified atom stereocenters. The fourth-order valence-electron chi connectivity index (χ4n) is 2.55. The van der Waals surface area contributed by atoms with E-state index in [1.165, 1.54) is 0 Å². The SMILES string of the molecule is COc1ccc(CNC(=O)c2ccc(Nc3ccccc3)cn2)cc1OC. The van der Waals surface area contributed by atoms with Crippen molar-refractivity contribution in [3.8, 4) is 11.5 Å². The Kier molecular flexibility index (Phi) is 5.89. The fraction of sp³-hybridized carbons (Fsp3) is 0.143. The zero-order valence-electron chi connectivity index (χ0n) is 15.2. The molecule has 2 N–H and O–H groups in total. The first kappa shape index (κ1) is 18.3. The Labute approximate surface area is 158 Å². The van der Waals surface area contributed by atoms with Gasteiger partial charge in [0, 0.05) is 12.2 Å². The number of hydrogen-bond acceptors (Lipinski definition) is 5. The van der Waals surface area contributed by atoms with Crippen molar-refractivity contribution < 1.29 is 14.3 Å². The molecule has 0 fully saturated rings. The van der Waals surface area contributed by atoms with E-state index in [1.54, 1.807) is 26.5 Å². The third-order valence-electron chi connectivity index (χ3n) is 3.96. The van der Waals surface area contributed by atoms with Crippen molar-refractivity contribution in [2.75, 3.05) is 19.5 Å². The minimum absolute atomic E-state index is 0.240. The van der Waals surface area contributed by atoms with E-state index in [2.05, 4.69) is 15.6 Å². The second-order valence-corrected chi connectivity index (χ2v) is 5.80. The molecular formula is C21H21N3O3. The zero-order valence-corrected chi connectivity index (χ0v) is 15.2. The number of carbonyl (C=O) groups excluding carboxylic acids is 1. The Morgan fingerprint density at radius 1 is 0.926 bits per heavy atom. The van der Waals surface area contributed by atoms with Gasteiger partial charge in [0.1, 0.15) is 5.69 Å². The predicted octanol–water partition coefficient (Wildman–Crippen LogP) is 3.77. The van der Waals surface area contributed by atoms with Crippen LogP contribution >= 0.6 is 0 Å². The third kappa shape index (κ3) is 4.76. The zero-order chi connectivity index (χ0) is 19.1. The average Bonchev–Trinajstić information content (AvgIpc) is 2.73. The summed E-state index contributed by atoms with van der Waals surface area (Å²) in [5, 5.41) is 6.09. The van der Waals surface area contributed by atoms with Crippen LogP contribution in [0.1, 0.15) is 16.1 Å². The predicted molar refractivity (Wildman–Crippen MR) is 105 cm³/mol. The Balaban J connectivity index is 1.59. The van der Waals surface area contributed by atoms with Gasteiger partial charge >= 0.3 is 0 Å². The Morgan fingerprint density at radius 2 is 1.70 bits per heavy atom. The van der Waals surface area contributed by atoms with Crippen molar-refractivity contribution in [3.63, 3.8) is 0 Å². The first-order valence-corrected chi connectivity index (χ1v) is 8.47. The molecule has 2 aromatic carbocycles. The number of methoxy groups -OCH3 is 2. The van der Waals surface area contributed by atoms with Crippen LogP contribution in [0.5, 0.6) is 11.5 Å². The number of nitrogens with zero attached hydrogens (tertiary/aromatic N) is 1. The highest BCUT2D eigenvalue weighted by molar-refractivity contribution is 5.92. The number of aromatic nitrogens is 1. The van der Waals surface area contributed by atoms with Crippen LogP contribution < -0.4 is 20.1 Å². The van der Waals surface area contributed by atoms with Crippen LogP contribution in [-0.4, -0.2) is 25.1 Å². The monoisotopic (exact) mass is 363 g/mol. The molecule has 138 valence electrons. The van der Waals surface area contributed by atoms with Gasteiger partial charge in [0.2, 0.25) is 0 Å². The molecule has 0 atom stereocenters. The van der Waals surface area contributed by atoms with Crippen LogP contribution in [0.4, 0.5) is 11.4 Å². The molecule has 3 rings (SSSR count). The van der Waals surface area contributed by atoms with Crippen LogP contribution in [0.15, 0.2) is 66.9 Å². The van der Waals surface area contributed by atoms with Gasteiger partial charge in [-0.25, -0.2) is 4.98 Å². The smallest absolute Gasteiger partial charge is 0.270 e. The van der Waals surface area contributed by atoms with Crippen molar-refractivity contribution in [3.05, 3.63) is 78.1 Å².